The second-order valence-corrected chi connectivity index (χ2v) is 10.5. The zero-order valence-corrected chi connectivity index (χ0v) is 24.3. The number of hydrogen-bond donors (Lipinski definition) is 1. The minimum absolute atomic E-state index is 0. The molecule has 0 radical (unpaired) electrons. The van der Waals surface area contributed by atoms with Gasteiger partial charge in [-0.15, -0.1) is 0 Å². The fourth-order valence-electron chi connectivity index (χ4n) is 4.03. The molecule has 0 amide bonds. The van der Waals surface area contributed by atoms with Crippen molar-refractivity contribution in [2.45, 2.75) is 154 Å². The molecule has 2 unspecified atom stereocenters. The van der Waals surface area contributed by atoms with Gasteiger partial charge in [0, 0.05) is 5.25 Å². The molecule has 0 saturated heterocycles. The quantitative estimate of drug-likeness (QED) is 0.146. The maximum atomic E-state index is 11.2. The van der Waals surface area contributed by atoms with Crippen LogP contribution < -0.4 is 51.4 Å². The summed E-state index contributed by atoms with van der Waals surface area (Å²) in [5.41, 5.74) is 0. The van der Waals surface area contributed by atoms with Crippen molar-refractivity contribution in [3.63, 3.8) is 0 Å². The van der Waals surface area contributed by atoms with Crippen LogP contribution in [0.25, 0.3) is 0 Å². The first kappa shape index (κ1) is 33.7. The van der Waals surface area contributed by atoms with E-state index in [1.807, 2.05) is 6.92 Å². The SMILES string of the molecule is CCCCCCCCCCCCCCCCCC(O)CCC(CCC)S(=O)(=O)[O-].[K+]. The second kappa shape index (κ2) is 23.7. The third-order valence-corrected chi connectivity index (χ3v) is 7.27. The average Bonchev–Trinajstić information content (AvgIpc) is 2.67. The van der Waals surface area contributed by atoms with E-state index < -0.39 is 21.5 Å². The molecule has 0 saturated carbocycles. The molecular weight excluding hydrogens is 423 g/mol. The first-order chi connectivity index (χ1) is 13.9. The van der Waals surface area contributed by atoms with E-state index >= 15 is 0 Å². The molecule has 4 nitrogen and oxygen atoms in total. The van der Waals surface area contributed by atoms with Crippen LogP contribution >= 0.6 is 0 Å². The van der Waals surface area contributed by atoms with Crippen LogP contribution in [0.3, 0.4) is 0 Å². The van der Waals surface area contributed by atoms with Crippen LogP contribution in [0.2, 0.25) is 0 Å². The number of aliphatic hydroxyl groups excluding tert-OH is 1. The first-order valence-electron chi connectivity index (χ1n) is 12.5. The Hall–Kier alpha value is 1.51. The molecule has 0 aromatic rings. The molecule has 0 aliphatic carbocycles. The zero-order chi connectivity index (χ0) is 21.8. The Balaban J connectivity index is 0. The molecule has 0 aliphatic rings. The third kappa shape index (κ3) is 22.7. The summed E-state index contributed by atoms with van der Waals surface area (Å²) in [6, 6.07) is 0. The summed E-state index contributed by atoms with van der Waals surface area (Å²) < 4.78 is 33.6. The summed E-state index contributed by atoms with van der Waals surface area (Å²) >= 11 is 0. The van der Waals surface area contributed by atoms with E-state index in [9.17, 15) is 18.1 Å². The van der Waals surface area contributed by atoms with Gasteiger partial charge in [0.1, 0.15) is 0 Å². The number of unbranched alkanes of at least 4 members (excludes halogenated alkanes) is 14. The fraction of sp³-hybridized carbons (Fsp3) is 1.00. The van der Waals surface area contributed by atoms with E-state index in [2.05, 4.69) is 6.92 Å². The van der Waals surface area contributed by atoms with Gasteiger partial charge in [0.05, 0.1) is 16.2 Å². The van der Waals surface area contributed by atoms with Crippen LogP contribution in [0.15, 0.2) is 0 Å². The smallest absolute Gasteiger partial charge is 0.748 e. The molecule has 0 rings (SSSR count). The van der Waals surface area contributed by atoms with E-state index in [0.29, 0.717) is 25.7 Å². The molecule has 0 aromatic carbocycles. The van der Waals surface area contributed by atoms with Gasteiger partial charge in [0.25, 0.3) is 0 Å². The summed E-state index contributed by atoms with van der Waals surface area (Å²) in [5.74, 6) is 0. The summed E-state index contributed by atoms with van der Waals surface area (Å²) in [7, 11) is -4.23. The van der Waals surface area contributed by atoms with Crippen LogP contribution in [-0.2, 0) is 10.1 Å². The van der Waals surface area contributed by atoms with Crippen LogP contribution in [0.1, 0.15) is 142 Å². The predicted octanol–water partition coefficient (Wildman–Crippen LogP) is 4.11. The third-order valence-electron chi connectivity index (χ3n) is 5.98. The van der Waals surface area contributed by atoms with Crippen molar-refractivity contribution in [3.05, 3.63) is 0 Å². The molecule has 2 atom stereocenters. The van der Waals surface area contributed by atoms with Gasteiger partial charge in [-0.25, -0.2) is 8.42 Å². The van der Waals surface area contributed by atoms with Crippen molar-refractivity contribution >= 4 is 10.1 Å². The van der Waals surface area contributed by atoms with Gasteiger partial charge in [-0.1, -0.05) is 117 Å². The minimum atomic E-state index is -4.23. The molecule has 30 heavy (non-hydrogen) atoms. The summed E-state index contributed by atoms with van der Waals surface area (Å²) in [5, 5.41) is 9.21. The van der Waals surface area contributed by atoms with Crippen LogP contribution in [0.5, 0.6) is 0 Å². The normalized spacial score (nSPS) is 13.7. The number of aliphatic hydroxyl groups is 1. The van der Waals surface area contributed by atoms with Crippen LogP contribution in [0, 0.1) is 0 Å². The molecule has 0 bridgehead atoms. The number of rotatable bonds is 22. The summed E-state index contributed by atoms with van der Waals surface area (Å²) in [6.45, 7) is 4.14. The van der Waals surface area contributed by atoms with Gasteiger partial charge < -0.3 is 9.66 Å². The molecule has 0 spiro atoms. The van der Waals surface area contributed by atoms with Gasteiger partial charge in [0.15, 0.2) is 0 Å². The maximum absolute atomic E-state index is 11.2. The Morgan fingerprint density at radius 1 is 0.600 bits per heavy atom. The monoisotopic (exact) mass is 472 g/mol. The minimum Gasteiger partial charge on any atom is -0.748 e. The predicted molar refractivity (Wildman–Crippen MR) is 123 cm³/mol. The van der Waals surface area contributed by atoms with Gasteiger partial charge in [-0.05, 0) is 25.7 Å². The van der Waals surface area contributed by atoms with Crippen molar-refractivity contribution in [2.75, 3.05) is 0 Å². The summed E-state index contributed by atoms with van der Waals surface area (Å²) in [6.07, 6.45) is 21.9. The van der Waals surface area contributed by atoms with Gasteiger partial charge in [-0.2, -0.15) is 0 Å². The van der Waals surface area contributed by atoms with E-state index in [1.165, 1.54) is 83.5 Å². The molecule has 0 aromatic heterocycles. The zero-order valence-electron chi connectivity index (χ0n) is 20.4. The molecule has 0 aliphatic heterocycles. The number of hydrogen-bond acceptors (Lipinski definition) is 4. The molecule has 1 N–H and O–H groups in total. The maximum Gasteiger partial charge on any atom is 1.00 e. The van der Waals surface area contributed by atoms with E-state index in [1.54, 1.807) is 0 Å². The van der Waals surface area contributed by atoms with Gasteiger partial charge in [0.2, 0.25) is 0 Å². The van der Waals surface area contributed by atoms with Crippen LogP contribution in [0.4, 0.5) is 0 Å². The standard InChI is InChI=1S/C24H50O4S.K/c1-3-5-6-7-8-9-10-11-12-13-14-15-16-17-18-20-23(25)21-22-24(19-4-2)29(26,27)28;/h23-25H,3-22H2,1-2H3,(H,26,27,28);/q;+1/p-1. The molecular formula is C24H49KO4S. The molecule has 0 fully saturated rings. The second-order valence-electron chi connectivity index (χ2n) is 8.87. The van der Waals surface area contributed by atoms with Crippen molar-refractivity contribution in [1.82, 2.24) is 0 Å². The first-order valence-corrected chi connectivity index (χ1v) is 14.0. The Kier molecular flexibility index (Phi) is 26.6. The van der Waals surface area contributed by atoms with Crippen molar-refractivity contribution in [3.8, 4) is 0 Å². The molecule has 6 heteroatoms. The molecule has 176 valence electrons. The Morgan fingerprint density at radius 3 is 1.37 bits per heavy atom. The molecule has 0 heterocycles. The van der Waals surface area contributed by atoms with Crippen molar-refractivity contribution < 1.29 is 69.5 Å². The Labute approximate surface area is 230 Å². The van der Waals surface area contributed by atoms with Crippen molar-refractivity contribution in [1.29, 1.82) is 0 Å². The largest absolute Gasteiger partial charge is 1.00 e. The van der Waals surface area contributed by atoms with E-state index in [-0.39, 0.29) is 51.4 Å². The topological polar surface area (TPSA) is 77.4 Å². The average molecular weight is 473 g/mol. The fourth-order valence-corrected chi connectivity index (χ4v) is 4.98. The Bertz CT molecular complexity index is 442. The van der Waals surface area contributed by atoms with Gasteiger partial charge >= 0.3 is 51.4 Å². The summed E-state index contributed by atoms with van der Waals surface area (Å²) in [4.78, 5) is 0. The van der Waals surface area contributed by atoms with Crippen LogP contribution in [-0.4, -0.2) is 29.4 Å². The van der Waals surface area contributed by atoms with Crippen molar-refractivity contribution in [2.24, 2.45) is 0 Å². The van der Waals surface area contributed by atoms with E-state index in [4.69, 9.17) is 0 Å². The van der Waals surface area contributed by atoms with E-state index in [0.717, 1.165) is 19.3 Å². The van der Waals surface area contributed by atoms with Gasteiger partial charge in [-0.3, -0.25) is 0 Å². The Morgan fingerprint density at radius 2 is 1.00 bits per heavy atom.